The van der Waals surface area contributed by atoms with Crippen molar-refractivity contribution in [3.05, 3.63) is 29.3 Å². The Balaban J connectivity index is 2.40. The van der Waals surface area contributed by atoms with E-state index in [1.165, 1.54) is 6.07 Å². The van der Waals surface area contributed by atoms with Gasteiger partial charge in [-0.1, -0.05) is 6.07 Å². The van der Waals surface area contributed by atoms with E-state index in [0.29, 0.717) is 24.3 Å². The van der Waals surface area contributed by atoms with E-state index >= 15 is 0 Å². The van der Waals surface area contributed by atoms with Gasteiger partial charge < -0.3 is 10.2 Å². The molecule has 0 radical (unpaired) electrons. The molecule has 0 aromatic heterocycles. The van der Waals surface area contributed by atoms with Gasteiger partial charge in [-0.3, -0.25) is 0 Å². The van der Waals surface area contributed by atoms with Crippen LogP contribution in [-0.4, -0.2) is 19.6 Å². The molecule has 1 saturated heterocycles. The molecule has 2 rings (SSSR count). The zero-order valence-electron chi connectivity index (χ0n) is 11.9. The number of halogens is 3. The van der Waals surface area contributed by atoms with Crippen LogP contribution >= 0.6 is 0 Å². The van der Waals surface area contributed by atoms with Gasteiger partial charge in [0.25, 0.3) is 0 Å². The van der Waals surface area contributed by atoms with Gasteiger partial charge in [0, 0.05) is 24.8 Å². The minimum absolute atomic E-state index is 0.167. The summed E-state index contributed by atoms with van der Waals surface area (Å²) in [5, 5.41) is 2.89. The molecule has 5 heteroatoms. The van der Waals surface area contributed by atoms with E-state index < -0.39 is 11.7 Å². The summed E-state index contributed by atoms with van der Waals surface area (Å²) in [6.07, 6.45) is -1.30. The van der Waals surface area contributed by atoms with Crippen LogP contribution in [0.5, 0.6) is 0 Å². The van der Waals surface area contributed by atoms with Crippen molar-refractivity contribution in [2.24, 2.45) is 0 Å². The average Bonchev–Trinajstić information content (AvgIpc) is 2.39. The predicted molar refractivity (Wildman–Crippen MR) is 74.9 cm³/mol. The Kier molecular flexibility index (Phi) is 4.58. The number of nitrogens with one attached hydrogen (secondary N) is 1. The van der Waals surface area contributed by atoms with Gasteiger partial charge in [0.05, 0.1) is 5.56 Å². The number of alkyl halides is 3. The number of rotatable bonds is 3. The Morgan fingerprint density at radius 2 is 2.05 bits per heavy atom. The number of piperidine rings is 1. The number of nitrogens with zero attached hydrogens (tertiary/aromatic N) is 1. The lowest BCUT2D eigenvalue weighted by Gasteiger charge is -2.37. The summed E-state index contributed by atoms with van der Waals surface area (Å²) in [4.78, 5) is 1.90. The van der Waals surface area contributed by atoms with Crippen LogP contribution < -0.4 is 10.2 Å². The SMILES string of the molecule is CNCc1ccc(N2CCCCC2C)c(C(F)(F)F)c1. The number of anilines is 1. The van der Waals surface area contributed by atoms with Crippen molar-refractivity contribution in [1.29, 1.82) is 0 Å². The maximum atomic E-state index is 13.3. The molecular weight excluding hydrogens is 265 g/mol. The Bertz CT molecular complexity index is 457. The van der Waals surface area contributed by atoms with Gasteiger partial charge in [-0.2, -0.15) is 13.2 Å². The Hall–Kier alpha value is -1.23. The molecule has 0 saturated carbocycles. The van der Waals surface area contributed by atoms with Crippen LogP contribution in [0.25, 0.3) is 0 Å². The average molecular weight is 286 g/mol. The fourth-order valence-corrected chi connectivity index (χ4v) is 2.83. The fraction of sp³-hybridized carbons (Fsp3) is 0.600. The van der Waals surface area contributed by atoms with E-state index in [0.717, 1.165) is 19.3 Å². The zero-order valence-corrected chi connectivity index (χ0v) is 11.9. The van der Waals surface area contributed by atoms with Gasteiger partial charge in [-0.25, -0.2) is 0 Å². The first-order valence-electron chi connectivity index (χ1n) is 7.05. The van der Waals surface area contributed by atoms with Crippen LogP contribution in [0, 0.1) is 0 Å². The highest BCUT2D eigenvalue weighted by Crippen LogP contribution is 2.39. The first kappa shape index (κ1) is 15.2. The summed E-state index contributed by atoms with van der Waals surface area (Å²) in [6.45, 7) is 3.15. The van der Waals surface area contributed by atoms with E-state index in [9.17, 15) is 13.2 Å². The molecule has 1 heterocycles. The Labute approximate surface area is 118 Å². The van der Waals surface area contributed by atoms with Gasteiger partial charge in [-0.05, 0) is 50.9 Å². The quantitative estimate of drug-likeness (QED) is 0.909. The molecule has 1 aliphatic rings. The molecular formula is C15H21F3N2. The fourth-order valence-electron chi connectivity index (χ4n) is 2.83. The summed E-state index contributed by atoms with van der Waals surface area (Å²) < 4.78 is 39.9. The molecule has 0 aliphatic carbocycles. The molecule has 1 N–H and O–H groups in total. The van der Waals surface area contributed by atoms with E-state index in [1.807, 2.05) is 11.8 Å². The molecule has 112 valence electrons. The minimum Gasteiger partial charge on any atom is -0.368 e. The molecule has 20 heavy (non-hydrogen) atoms. The monoisotopic (exact) mass is 286 g/mol. The summed E-state index contributed by atoms with van der Waals surface area (Å²) in [7, 11) is 1.73. The van der Waals surface area contributed by atoms with Crippen molar-refractivity contribution in [2.75, 3.05) is 18.5 Å². The molecule has 0 amide bonds. The van der Waals surface area contributed by atoms with E-state index in [2.05, 4.69) is 5.32 Å². The van der Waals surface area contributed by atoms with Crippen molar-refractivity contribution in [3.8, 4) is 0 Å². The smallest absolute Gasteiger partial charge is 0.368 e. The maximum absolute atomic E-state index is 13.3. The first-order valence-corrected chi connectivity index (χ1v) is 7.05. The first-order chi connectivity index (χ1) is 9.43. The number of hydrogen-bond donors (Lipinski definition) is 1. The molecule has 1 aromatic rings. The van der Waals surface area contributed by atoms with E-state index in [1.54, 1.807) is 19.2 Å². The van der Waals surface area contributed by atoms with Gasteiger partial charge in [0.1, 0.15) is 0 Å². The summed E-state index contributed by atoms with van der Waals surface area (Å²) in [5.74, 6) is 0. The van der Waals surface area contributed by atoms with Gasteiger partial charge >= 0.3 is 6.18 Å². The molecule has 1 atom stereocenters. The summed E-state index contributed by atoms with van der Waals surface area (Å²) in [5.41, 5.74) is 0.469. The normalized spacial score (nSPS) is 20.2. The standard InChI is InChI=1S/C15H21F3N2/c1-11-5-3-4-8-20(11)14-7-6-12(10-19-2)9-13(14)15(16,17)18/h6-7,9,11,19H,3-5,8,10H2,1-2H3. The second-order valence-electron chi connectivity index (χ2n) is 5.42. The highest BCUT2D eigenvalue weighted by atomic mass is 19.4. The number of hydrogen-bond acceptors (Lipinski definition) is 2. The van der Waals surface area contributed by atoms with Crippen LogP contribution in [-0.2, 0) is 12.7 Å². The van der Waals surface area contributed by atoms with E-state index in [-0.39, 0.29) is 6.04 Å². The summed E-state index contributed by atoms with van der Waals surface area (Å²) in [6, 6.07) is 4.84. The van der Waals surface area contributed by atoms with Crippen LogP contribution in [0.15, 0.2) is 18.2 Å². The van der Waals surface area contributed by atoms with Gasteiger partial charge in [0.15, 0.2) is 0 Å². The molecule has 1 aromatic carbocycles. The highest BCUT2D eigenvalue weighted by Gasteiger charge is 2.36. The van der Waals surface area contributed by atoms with Crippen molar-refractivity contribution in [1.82, 2.24) is 5.32 Å². The minimum atomic E-state index is -4.31. The third-order valence-corrected chi connectivity index (χ3v) is 3.86. The van der Waals surface area contributed by atoms with Crippen molar-refractivity contribution in [3.63, 3.8) is 0 Å². The molecule has 1 fully saturated rings. The largest absolute Gasteiger partial charge is 0.418 e. The molecule has 0 bridgehead atoms. The van der Waals surface area contributed by atoms with Crippen LogP contribution in [0.1, 0.15) is 37.3 Å². The third-order valence-electron chi connectivity index (χ3n) is 3.86. The van der Waals surface area contributed by atoms with Crippen LogP contribution in [0.2, 0.25) is 0 Å². The topological polar surface area (TPSA) is 15.3 Å². The number of benzene rings is 1. The lowest BCUT2D eigenvalue weighted by Crippen LogP contribution is -2.38. The van der Waals surface area contributed by atoms with Crippen molar-refractivity contribution >= 4 is 5.69 Å². The molecule has 1 unspecified atom stereocenters. The predicted octanol–water partition coefficient (Wildman–Crippen LogP) is 3.80. The lowest BCUT2D eigenvalue weighted by atomic mass is 9.99. The zero-order chi connectivity index (χ0) is 14.8. The Morgan fingerprint density at radius 1 is 1.30 bits per heavy atom. The second kappa shape index (κ2) is 6.04. The Morgan fingerprint density at radius 3 is 2.65 bits per heavy atom. The van der Waals surface area contributed by atoms with Gasteiger partial charge in [0.2, 0.25) is 0 Å². The third kappa shape index (κ3) is 3.26. The van der Waals surface area contributed by atoms with Crippen molar-refractivity contribution in [2.45, 2.75) is 44.9 Å². The van der Waals surface area contributed by atoms with E-state index in [4.69, 9.17) is 0 Å². The van der Waals surface area contributed by atoms with Crippen molar-refractivity contribution < 1.29 is 13.2 Å². The van der Waals surface area contributed by atoms with Crippen LogP contribution in [0.4, 0.5) is 18.9 Å². The molecule has 2 nitrogen and oxygen atoms in total. The summed E-state index contributed by atoms with van der Waals surface area (Å²) >= 11 is 0. The highest BCUT2D eigenvalue weighted by molar-refractivity contribution is 5.57. The maximum Gasteiger partial charge on any atom is 0.418 e. The molecule has 0 spiro atoms. The van der Waals surface area contributed by atoms with Crippen LogP contribution in [0.3, 0.4) is 0 Å². The molecule has 1 aliphatic heterocycles. The van der Waals surface area contributed by atoms with Gasteiger partial charge in [-0.15, -0.1) is 0 Å². The second-order valence-corrected chi connectivity index (χ2v) is 5.42. The lowest BCUT2D eigenvalue weighted by molar-refractivity contribution is -0.137.